The molecule has 12 heteroatoms. The molecule has 0 aliphatic carbocycles. The number of nitrogens with zero attached hydrogens (tertiary/aromatic N) is 4. The lowest BCUT2D eigenvalue weighted by Crippen LogP contribution is -2.16. The van der Waals surface area contributed by atoms with Crippen LogP contribution in [-0.4, -0.2) is 53.0 Å². The highest BCUT2D eigenvalue weighted by molar-refractivity contribution is 7.17. The number of carbonyl (C=O) groups is 1. The zero-order valence-electron chi connectivity index (χ0n) is 17.2. The van der Waals surface area contributed by atoms with Crippen LogP contribution >= 0.6 is 22.9 Å². The van der Waals surface area contributed by atoms with Crippen molar-refractivity contribution in [1.82, 2.24) is 20.2 Å². The van der Waals surface area contributed by atoms with Crippen LogP contribution in [0.1, 0.15) is 22.5 Å². The van der Waals surface area contributed by atoms with E-state index in [1.54, 1.807) is 6.92 Å². The molecule has 9 nitrogen and oxygen atoms in total. The maximum absolute atomic E-state index is 14.6. The first-order valence-corrected chi connectivity index (χ1v) is 10.9. The molecule has 0 spiro atoms. The Balaban J connectivity index is 1.62. The topological polar surface area (TPSA) is 108 Å². The standard InChI is InChI=1S/C20H19ClFN5O4S/c1-10-16(29-2)14(12-3-5-23-7-13(12)22)15(17(21)24-10)18(28)25-19-26-27-20(32-19)31-9-11-4-6-30-8-11/h3,5,7,11H,4,6,8-9H2,1-2H3,(H,25,26,28)/t11-/m0/s1. The molecule has 1 atom stereocenters. The highest BCUT2D eigenvalue weighted by atomic mass is 35.5. The van der Waals surface area contributed by atoms with Gasteiger partial charge in [-0.2, -0.15) is 0 Å². The van der Waals surface area contributed by atoms with Crippen molar-refractivity contribution in [3.8, 4) is 22.1 Å². The first-order valence-electron chi connectivity index (χ1n) is 9.67. The van der Waals surface area contributed by atoms with Gasteiger partial charge < -0.3 is 14.2 Å². The van der Waals surface area contributed by atoms with Crippen LogP contribution in [0.2, 0.25) is 5.15 Å². The van der Waals surface area contributed by atoms with Crippen LogP contribution in [0.4, 0.5) is 9.52 Å². The minimum absolute atomic E-state index is 0.0556. The number of anilines is 1. The van der Waals surface area contributed by atoms with E-state index in [1.165, 1.54) is 19.4 Å². The largest absolute Gasteiger partial charge is 0.494 e. The second kappa shape index (κ2) is 9.72. The van der Waals surface area contributed by atoms with Crippen LogP contribution in [0, 0.1) is 18.7 Å². The summed E-state index contributed by atoms with van der Waals surface area (Å²) >= 11 is 7.39. The predicted octanol–water partition coefficient (Wildman–Crippen LogP) is 3.77. The number of ether oxygens (including phenoxy) is 3. The number of rotatable bonds is 7. The van der Waals surface area contributed by atoms with Gasteiger partial charge >= 0.3 is 0 Å². The lowest BCUT2D eigenvalue weighted by Gasteiger charge is -2.17. The lowest BCUT2D eigenvalue weighted by molar-refractivity contribution is 0.102. The van der Waals surface area contributed by atoms with Crippen molar-refractivity contribution >= 4 is 34.0 Å². The molecular weight excluding hydrogens is 461 g/mol. The molecule has 0 radical (unpaired) electrons. The predicted molar refractivity (Wildman–Crippen MR) is 116 cm³/mol. The molecule has 0 saturated carbocycles. The van der Waals surface area contributed by atoms with E-state index in [9.17, 15) is 9.18 Å². The number of aromatic nitrogens is 4. The summed E-state index contributed by atoms with van der Waals surface area (Å²) in [7, 11) is 1.41. The maximum atomic E-state index is 14.6. The summed E-state index contributed by atoms with van der Waals surface area (Å²) in [6.07, 6.45) is 3.38. The van der Waals surface area contributed by atoms with E-state index in [-0.39, 0.29) is 32.7 Å². The molecule has 3 aromatic rings. The minimum Gasteiger partial charge on any atom is -0.494 e. The third-order valence-electron chi connectivity index (χ3n) is 4.84. The van der Waals surface area contributed by atoms with Crippen LogP contribution in [0.15, 0.2) is 18.5 Å². The van der Waals surface area contributed by atoms with Crippen LogP contribution < -0.4 is 14.8 Å². The average molecular weight is 480 g/mol. The van der Waals surface area contributed by atoms with Gasteiger partial charge in [0.25, 0.3) is 11.1 Å². The fourth-order valence-corrected chi connectivity index (χ4v) is 4.23. The monoisotopic (exact) mass is 479 g/mol. The van der Waals surface area contributed by atoms with E-state index < -0.39 is 11.7 Å². The van der Waals surface area contributed by atoms with Crippen LogP contribution in [0.5, 0.6) is 10.9 Å². The summed E-state index contributed by atoms with van der Waals surface area (Å²) in [5.74, 6) is -0.743. The Bertz CT molecular complexity index is 1140. The second-order valence-electron chi connectivity index (χ2n) is 6.99. The molecular formula is C20H19ClFN5O4S. The quantitative estimate of drug-likeness (QED) is 0.510. The minimum atomic E-state index is -0.640. The number of amides is 1. The molecule has 168 valence electrons. The van der Waals surface area contributed by atoms with Gasteiger partial charge in [-0.15, -0.1) is 5.10 Å². The van der Waals surface area contributed by atoms with Gasteiger partial charge in [0.1, 0.15) is 16.7 Å². The molecule has 0 aromatic carbocycles. The Morgan fingerprint density at radius 1 is 1.44 bits per heavy atom. The molecule has 1 saturated heterocycles. The Labute approximate surface area is 191 Å². The zero-order valence-corrected chi connectivity index (χ0v) is 18.8. The molecule has 1 amide bonds. The number of halogens is 2. The van der Waals surface area contributed by atoms with Gasteiger partial charge in [-0.3, -0.25) is 15.1 Å². The highest BCUT2D eigenvalue weighted by Crippen LogP contribution is 2.40. The van der Waals surface area contributed by atoms with Gasteiger partial charge in [0.05, 0.1) is 37.8 Å². The summed E-state index contributed by atoms with van der Waals surface area (Å²) in [5.41, 5.74) is 0.627. The maximum Gasteiger partial charge on any atom is 0.295 e. The van der Waals surface area contributed by atoms with Crippen LogP contribution in [-0.2, 0) is 4.74 Å². The summed E-state index contributed by atoms with van der Waals surface area (Å²) in [4.78, 5) is 21.1. The molecule has 1 aliphatic heterocycles. The van der Waals surface area contributed by atoms with Crippen LogP contribution in [0.3, 0.4) is 0 Å². The van der Waals surface area contributed by atoms with E-state index in [0.717, 1.165) is 30.6 Å². The van der Waals surface area contributed by atoms with Crippen LogP contribution in [0.25, 0.3) is 11.1 Å². The van der Waals surface area contributed by atoms with Crippen molar-refractivity contribution in [3.05, 3.63) is 40.7 Å². The number of carbonyl (C=O) groups excluding carboxylic acids is 1. The summed E-state index contributed by atoms with van der Waals surface area (Å²) < 4.78 is 31.0. The van der Waals surface area contributed by atoms with E-state index in [1.807, 2.05) is 0 Å². The molecule has 1 N–H and O–H groups in total. The van der Waals surface area contributed by atoms with E-state index in [0.29, 0.717) is 30.0 Å². The van der Waals surface area contributed by atoms with Gasteiger partial charge in [0.2, 0.25) is 5.13 Å². The number of methoxy groups -OCH3 is 1. The Kier molecular flexibility index (Phi) is 6.77. The van der Waals surface area contributed by atoms with Gasteiger partial charge in [-0.25, -0.2) is 9.37 Å². The summed E-state index contributed by atoms with van der Waals surface area (Å²) in [6.45, 7) is 3.48. The second-order valence-corrected chi connectivity index (χ2v) is 8.29. The van der Waals surface area contributed by atoms with E-state index >= 15 is 0 Å². The van der Waals surface area contributed by atoms with Crippen molar-refractivity contribution in [2.24, 2.45) is 5.92 Å². The molecule has 32 heavy (non-hydrogen) atoms. The van der Waals surface area contributed by atoms with Crippen molar-refractivity contribution < 1.29 is 23.4 Å². The first-order chi connectivity index (χ1) is 15.5. The number of hydrogen-bond acceptors (Lipinski definition) is 9. The number of nitrogens with one attached hydrogen (secondary N) is 1. The summed E-state index contributed by atoms with van der Waals surface area (Å²) in [5, 5.41) is 10.9. The molecule has 0 unspecified atom stereocenters. The summed E-state index contributed by atoms with van der Waals surface area (Å²) in [6, 6.07) is 1.43. The number of aryl methyl sites for hydroxylation is 1. The smallest absolute Gasteiger partial charge is 0.295 e. The van der Waals surface area contributed by atoms with E-state index in [2.05, 4.69) is 25.5 Å². The van der Waals surface area contributed by atoms with Gasteiger partial charge in [-0.05, 0) is 30.7 Å². The highest BCUT2D eigenvalue weighted by Gasteiger charge is 2.27. The van der Waals surface area contributed by atoms with Crippen molar-refractivity contribution in [1.29, 1.82) is 0 Å². The average Bonchev–Trinajstić information content (AvgIpc) is 3.44. The van der Waals surface area contributed by atoms with Gasteiger partial charge in [0.15, 0.2) is 0 Å². The molecule has 1 fully saturated rings. The van der Waals surface area contributed by atoms with Gasteiger partial charge in [-0.1, -0.05) is 16.7 Å². The van der Waals surface area contributed by atoms with Crippen molar-refractivity contribution in [2.75, 3.05) is 32.2 Å². The fraction of sp³-hybridized carbons (Fsp3) is 0.350. The Morgan fingerprint density at radius 2 is 2.28 bits per heavy atom. The lowest BCUT2D eigenvalue weighted by atomic mass is 9.99. The molecule has 4 heterocycles. The Morgan fingerprint density at radius 3 is 3.00 bits per heavy atom. The molecule has 3 aromatic heterocycles. The first kappa shape index (κ1) is 22.3. The number of hydrogen-bond donors (Lipinski definition) is 1. The SMILES string of the molecule is COc1c(C)nc(Cl)c(C(=O)Nc2nnc(OC[C@H]3CCOC3)s2)c1-c1ccncc1F. The zero-order chi connectivity index (χ0) is 22.7. The third kappa shape index (κ3) is 4.64. The van der Waals surface area contributed by atoms with Gasteiger partial charge in [0, 0.05) is 29.8 Å². The van der Waals surface area contributed by atoms with Crippen molar-refractivity contribution in [3.63, 3.8) is 0 Å². The number of pyridine rings is 2. The Hall–Kier alpha value is -2.89. The molecule has 1 aliphatic rings. The van der Waals surface area contributed by atoms with E-state index in [4.69, 9.17) is 25.8 Å². The third-order valence-corrected chi connectivity index (χ3v) is 5.87. The molecule has 4 rings (SSSR count). The fourth-order valence-electron chi connectivity index (χ4n) is 3.33. The molecule has 0 bridgehead atoms. The normalized spacial score (nSPS) is 15.6. The van der Waals surface area contributed by atoms with Crippen molar-refractivity contribution in [2.45, 2.75) is 13.3 Å².